The van der Waals surface area contributed by atoms with E-state index < -0.39 is 60.6 Å². The molecule has 1 aliphatic heterocycles. The highest BCUT2D eigenvalue weighted by atomic mass is 16.7. The van der Waals surface area contributed by atoms with Crippen molar-refractivity contribution in [1.82, 2.24) is 0 Å². The van der Waals surface area contributed by atoms with E-state index >= 15 is 0 Å². The fraction of sp³-hybridized carbons (Fsp3) is 0.821. The van der Waals surface area contributed by atoms with Gasteiger partial charge in [-0.15, -0.1) is 0 Å². The molecule has 0 aliphatic carbocycles. The van der Waals surface area contributed by atoms with Gasteiger partial charge in [-0.25, -0.2) is 0 Å². The highest BCUT2D eigenvalue weighted by Crippen LogP contribution is 2.31. The zero-order chi connectivity index (χ0) is 29.8. The first-order chi connectivity index (χ1) is 18.7. The molecule has 0 radical (unpaired) electrons. The van der Waals surface area contributed by atoms with Crippen LogP contribution in [0.4, 0.5) is 0 Å². The lowest BCUT2D eigenvalue weighted by Gasteiger charge is -2.44. The molecule has 39 heavy (non-hydrogen) atoms. The minimum Gasteiger partial charge on any atom is -0.463 e. The van der Waals surface area contributed by atoms with Crippen LogP contribution in [0.15, 0.2) is 0 Å². The van der Waals surface area contributed by atoms with E-state index in [1.165, 1.54) is 0 Å². The lowest BCUT2D eigenvalue weighted by atomic mass is 9.97. The number of hydrogen-bond donors (Lipinski definition) is 0. The molecule has 1 saturated heterocycles. The normalized spacial score (nSPS) is 22.0. The zero-order valence-electron chi connectivity index (χ0n) is 24.7. The first-order valence-corrected chi connectivity index (χ1v) is 14.3. The van der Waals surface area contributed by atoms with E-state index in [9.17, 15) is 24.0 Å². The third kappa shape index (κ3) is 13.8. The maximum Gasteiger partial charge on any atom is 0.308 e. The molecule has 1 fully saturated rings. The summed E-state index contributed by atoms with van der Waals surface area (Å²) in [6.45, 7) is 12.6. The summed E-state index contributed by atoms with van der Waals surface area (Å²) in [5, 5.41) is 0. The Balaban J connectivity index is 0.00000704. The molecule has 5 unspecified atom stereocenters. The summed E-state index contributed by atoms with van der Waals surface area (Å²) in [5.41, 5.74) is 0. The Labute approximate surface area is 232 Å². The van der Waals surface area contributed by atoms with Crippen molar-refractivity contribution in [2.45, 2.75) is 143 Å². The van der Waals surface area contributed by atoms with Crippen LogP contribution in [-0.2, 0) is 52.4 Å². The summed E-state index contributed by atoms with van der Waals surface area (Å²) in [6.07, 6.45) is -3.74. The molecule has 1 aliphatic rings. The standard InChI is InChI=1S/C26H42O11.C2H6/c1-6-11-18(27)32-16-17-23(34-19(28)12-7-2)24(35-20(29)13-8-3)25(36-21(30)14-9-4)26(33-17)37-22(31)15-10-5;1-2/h17,23-26H,6-16H2,1-5H3;1-2H3. The summed E-state index contributed by atoms with van der Waals surface area (Å²) in [4.78, 5) is 62.0. The van der Waals surface area contributed by atoms with Crippen molar-refractivity contribution in [2.24, 2.45) is 0 Å². The molecule has 0 spiro atoms. The van der Waals surface area contributed by atoms with E-state index in [0.29, 0.717) is 32.1 Å². The number of carbonyl (C=O) groups excluding carboxylic acids is 5. The van der Waals surface area contributed by atoms with Crippen LogP contribution in [0.25, 0.3) is 0 Å². The number of esters is 5. The van der Waals surface area contributed by atoms with E-state index in [2.05, 4.69) is 0 Å². The van der Waals surface area contributed by atoms with Crippen molar-refractivity contribution in [3.8, 4) is 0 Å². The maximum absolute atomic E-state index is 12.6. The quantitative estimate of drug-likeness (QED) is 0.194. The van der Waals surface area contributed by atoms with Crippen LogP contribution in [0.5, 0.6) is 0 Å². The molecule has 0 aromatic carbocycles. The van der Waals surface area contributed by atoms with Gasteiger partial charge in [0.1, 0.15) is 12.7 Å². The minimum atomic E-state index is -1.48. The van der Waals surface area contributed by atoms with Gasteiger partial charge in [0.25, 0.3) is 0 Å². The van der Waals surface area contributed by atoms with Gasteiger partial charge in [-0.3, -0.25) is 24.0 Å². The lowest BCUT2D eigenvalue weighted by Crippen LogP contribution is -2.63. The van der Waals surface area contributed by atoms with E-state index in [0.717, 1.165) is 0 Å². The predicted octanol–water partition coefficient (Wildman–Crippen LogP) is 4.56. The van der Waals surface area contributed by atoms with E-state index in [1.807, 2.05) is 20.8 Å². The molecule has 1 rings (SSSR count). The van der Waals surface area contributed by atoms with Crippen LogP contribution in [0.2, 0.25) is 0 Å². The molecule has 0 N–H and O–H groups in total. The van der Waals surface area contributed by atoms with E-state index in [1.54, 1.807) is 27.7 Å². The summed E-state index contributed by atoms with van der Waals surface area (Å²) in [5.74, 6) is -2.97. The van der Waals surface area contributed by atoms with Gasteiger partial charge >= 0.3 is 29.8 Å². The molecule has 0 aromatic rings. The second-order valence-electron chi connectivity index (χ2n) is 8.83. The van der Waals surface area contributed by atoms with Crippen molar-refractivity contribution in [3.63, 3.8) is 0 Å². The predicted molar refractivity (Wildman–Crippen MR) is 141 cm³/mol. The fourth-order valence-corrected chi connectivity index (χ4v) is 3.60. The SMILES string of the molecule is CC.CCCC(=O)OCC1OC(OC(=O)CCC)C(OC(=O)CCC)C(OC(=O)CCC)C1OC(=O)CCC. The molecular weight excluding hydrogens is 512 g/mol. The van der Waals surface area contributed by atoms with Crippen LogP contribution in [0, 0.1) is 0 Å². The van der Waals surface area contributed by atoms with Crippen LogP contribution in [0.1, 0.15) is 113 Å². The van der Waals surface area contributed by atoms with E-state index in [4.69, 9.17) is 28.4 Å². The minimum absolute atomic E-state index is 0.0546. The number of hydrogen-bond acceptors (Lipinski definition) is 11. The van der Waals surface area contributed by atoms with Crippen LogP contribution in [0.3, 0.4) is 0 Å². The average molecular weight is 561 g/mol. The number of ether oxygens (including phenoxy) is 6. The van der Waals surface area contributed by atoms with Crippen molar-refractivity contribution >= 4 is 29.8 Å². The summed E-state index contributed by atoms with van der Waals surface area (Å²) in [6, 6.07) is 0. The molecule has 0 aromatic heterocycles. The summed E-state index contributed by atoms with van der Waals surface area (Å²) in [7, 11) is 0. The summed E-state index contributed by atoms with van der Waals surface area (Å²) >= 11 is 0. The molecule has 226 valence electrons. The maximum atomic E-state index is 12.6. The van der Waals surface area contributed by atoms with Gasteiger partial charge in [0.05, 0.1) is 0 Å². The lowest BCUT2D eigenvalue weighted by molar-refractivity contribution is -0.301. The van der Waals surface area contributed by atoms with Gasteiger partial charge in [0.15, 0.2) is 12.2 Å². The Morgan fingerprint density at radius 3 is 1.31 bits per heavy atom. The fourth-order valence-electron chi connectivity index (χ4n) is 3.60. The molecule has 11 nitrogen and oxygen atoms in total. The molecular formula is C28H48O11. The number of carbonyl (C=O) groups is 5. The van der Waals surface area contributed by atoms with Crippen molar-refractivity contribution in [3.05, 3.63) is 0 Å². The Morgan fingerprint density at radius 1 is 0.513 bits per heavy atom. The third-order valence-corrected chi connectivity index (χ3v) is 5.32. The number of rotatable bonds is 16. The van der Waals surface area contributed by atoms with E-state index in [-0.39, 0.29) is 38.7 Å². The monoisotopic (exact) mass is 560 g/mol. The molecule has 0 bridgehead atoms. The first kappa shape index (κ1) is 36.3. The molecule has 0 amide bonds. The van der Waals surface area contributed by atoms with Crippen molar-refractivity contribution in [2.75, 3.05) is 6.61 Å². The second-order valence-corrected chi connectivity index (χ2v) is 8.83. The second kappa shape index (κ2) is 21.2. The van der Waals surface area contributed by atoms with Gasteiger partial charge in [-0.2, -0.15) is 0 Å². The van der Waals surface area contributed by atoms with Gasteiger partial charge in [0.2, 0.25) is 12.4 Å². The van der Waals surface area contributed by atoms with Gasteiger partial charge in [-0.05, 0) is 32.1 Å². The topological polar surface area (TPSA) is 141 Å². The third-order valence-electron chi connectivity index (χ3n) is 5.32. The highest BCUT2D eigenvalue weighted by molar-refractivity contribution is 5.72. The highest BCUT2D eigenvalue weighted by Gasteiger charge is 2.54. The Bertz CT molecular complexity index is 752. The Hall–Kier alpha value is -2.69. The Kier molecular flexibility index (Phi) is 19.7. The summed E-state index contributed by atoms with van der Waals surface area (Å²) < 4.78 is 33.6. The van der Waals surface area contributed by atoms with Crippen LogP contribution in [-0.4, -0.2) is 67.2 Å². The average Bonchev–Trinajstić information content (AvgIpc) is 2.88. The van der Waals surface area contributed by atoms with Gasteiger partial charge < -0.3 is 28.4 Å². The van der Waals surface area contributed by atoms with Crippen molar-refractivity contribution in [1.29, 1.82) is 0 Å². The largest absolute Gasteiger partial charge is 0.463 e. The van der Waals surface area contributed by atoms with Crippen molar-refractivity contribution < 1.29 is 52.4 Å². The molecule has 1 heterocycles. The van der Waals surface area contributed by atoms with Gasteiger partial charge in [-0.1, -0.05) is 48.5 Å². The molecule has 5 atom stereocenters. The Morgan fingerprint density at radius 2 is 0.872 bits per heavy atom. The molecule has 11 heteroatoms. The van der Waals surface area contributed by atoms with Crippen LogP contribution < -0.4 is 0 Å². The zero-order valence-corrected chi connectivity index (χ0v) is 24.7. The first-order valence-electron chi connectivity index (χ1n) is 14.3. The smallest absolute Gasteiger partial charge is 0.308 e. The van der Waals surface area contributed by atoms with Gasteiger partial charge in [0, 0.05) is 32.1 Å². The van der Waals surface area contributed by atoms with Crippen LogP contribution >= 0.6 is 0 Å². The molecule has 0 saturated carbocycles.